The van der Waals surface area contributed by atoms with Crippen LogP contribution in [0.2, 0.25) is 0 Å². The molecule has 0 saturated heterocycles. The largest absolute Gasteiger partial charge is 0.493 e. The summed E-state index contributed by atoms with van der Waals surface area (Å²) in [6, 6.07) is 3.54. The summed E-state index contributed by atoms with van der Waals surface area (Å²) in [7, 11) is 1.55. The SMILES string of the molecule is CCO[C@@H]1C[C@]23C=CC(=O)CC2C([N+](=O)[O-])=Cc2ccc(OC)c(c23)O1. The molecule has 2 aliphatic carbocycles. The van der Waals surface area contributed by atoms with Crippen LogP contribution in [0.15, 0.2) is 30.0 Å². The third-order valence-corrected chi connectivity index (χ3v) is 5.41. The summed E-state index contributed by atoms with van der Waals surface area (Å²) < 4.78 is 17.2. The van der Waals surface area contributed by atoms with Crippen LogP contribution in [0.3, 0.4) is 0 Å². The van der Waals surface area contributed by atoms with Crippen molar-refractivity contribution < 1.29 is 23.9 Å². The Kier molecular flexibility index (Phi) is 3.84. The van der Waals surface area contributed by atoms with Crippen LogP contribution in [0.4, 0.5) is 0 Å². The number of rotatable bonds is 4. The fourth-order valence-corrected chi connectivity index (χ4v) is 4.37. The highest BCUT2D eigenvalue weighted by molar-refractivity contribution is 5.92. The Balaban J connectivity index is 2.02. The summed E-state index contributed by atoms with van der Waals surface area (Å²) in [4.78, 5) is 23.4. The van der Waals surface area contributed by atoms with E-state index in [9.17, 15) is 14.9 Å². The average Bonchev–Trinajstić information content (AvgIpc) is 2.62. The van der Waals surface area contributed by atoms with Crippen LogP contribution in [0, 0.1) is 16.0 Å². The number of ketones is 1. The van der Waals surface area contributed by atoms with Crippen molar-refractivity contribution in [1.82, 2.24) is 0 Å². The Hall–Kier alpha value is -2.67. The van der Waals surface area contributed by atoms with E-state index < -0.39 is 17.6 Å². The summed E-state index contributed by atoms with van der Waals surface area (Å²) in [6.45, 7) is 2.31. The van der Waals surface area contributed by atoms with E-state index >= 15 is 0 Å². The summed E-state index contributed by atoms with van der Waals surface area (Å²) in [5.41, 5.74) is 0.899. The predicted molar refractivity (Wildman–Crippen MR) is 92.6 cm³/mol. The van der Waals surface area contributed by atoms with Gasteiger partial charge in [-0.2, -0.15) is 0 Å². The normalized spacial score (nSPS) is 28.5. The maximum absolute atomic E-state index is 12.1. The number of benzene rings is 1. The van der Waals surface area contributed by atoms with Crippen molar-refractivity contribution in [3.63, 3.8) is 0 Å². The van der Waals surface area contributed by atoms with Gasteiger partial charge in [-0.15, -0.1) is 0 Å². The van der Waals surface area contributed by atoms with E-state index in [1.54, 1.807) is 31.4 Å². The molecular formula is C19H19NO6. The van der Waals surface area contributed by atoms with Gasteiger partial charge in [0.2, 0.25) is 6.29 Å². The van der Waals surface area contributed by atoms with Crippen molar-refractivity contribution in [3.8, 4) is 11.5 Å². The van der Waals surface area contributed by atoms with Gasteiger partial charge in [-0.05, 0) is 24.6 Å². The molecule has 1 spiro atoms. The first-order valence-electron chi connectivity index (χ1n) is 8.58. The minimum Gasteiger partial charge on any atom is -0.493 e. The van der Waals surface area contributed by atoms with Crippen LogP contribution >= 0.6 is 0 Å². The van der Waals surface area contributed by atoms with Crippen molar-refractivity contribution in [3.05, 3.63) is 51.2 Å². The van der Waals surface area contributed by atoms with Crippen molar-refractivity contribution in [2.24, 2.45) is 5.92 Å². The fourth-order valence-electron chi connectivity index (χ4n) is 4.37. The average molecular weight is 357 g/mol. The molecule has 0 fully saturated rings. The van der Waals surface area contributed by atoms with Crippen LogP contribution < -0.4 is 9.47 Å². The maximum atomic E-state index is 12.1. The summed E-state index contributed by atoms with van der Waals surface area (Å²) in [5.74, 6) is 0.424. The van der Waals surface area contributed by atoms with Gasteiger partial charge in [-0.3, -0.25) is 14.9 Å². The molecule has 1 unspecified atom stereocenters. The van der Waals surface area contributed by atoms with Gasteiger partial charge in [0.25, 0.3) is 5.70 Å². The first-order valence-corrected chi connectivity index (χ1v) is 8.58. The molecule has 0 N–H and O–H groups in total. The molecule has 136 valence electrons. The highest BCUT2D eigenvalue weighted by Gasteiger charge is 2.56. The number of hydrogen-bond donors (Lipinski definition) is 0. The van der Waals surface area contributed by atoms with Crippen LogP contribution in [0.5, 0.6) is 11.5 Å². The molecule has 7 heteroatoms. The van der Waals surface area contributed by atoms with Gasteiger partial charge in [-0.1, -0.05) is 12.1 Å². The number of nitrogens with zero attached hydrogens (tertiary/aromatic N) is 1. The lowest BCUT2D eigenvalue weighted by Crippen LogP contribution is -2.49. The first-order chi connectivity index (χ1) is 12.5. The summed E-state index contributed by atoms with van der Waals surface area (Å²) in [6.07, 6.45) is 4.82. The quantitative estimate of drug-likeness (QED) is 0.608. The third kappa shape index (κ3) is 2.27. The Bertz CT molecular complexity index is 858. The molecule has 1 aromatic rings. The molecule has 0 aromatic heterocycles. The molecule has 3 aliphatic rings. The van der Waals surface area contributed by atoms with E-state index in [-0.39, 0.29) is 22.8 Å². The molecule has 0 amide bonds. The minimum absolute atomic E-state index is 0.0588. The first kappa shape index (κ1) is 16.8. The zero-order valence-electron chi connectivity index (χ0n) is 14.6. The number of nitro groups is 1. The van der Waals surface area contributed by atoms with Crippen LogP contribution in [-0.4, -0.2) is 30.7 Å². The number of allylic oxidation sites excluding steroid dienone is 3. The van der Waals surface area contributed by atoms with Gasteiger partial charge in [-0.25, -0.2) is 0 Å². The van der Waals surface area contributed by atoms with Gasteiger partial charge in [0, 0.05) is 36.5 Å². The maximum Gasteiger partial charge on any atom is 0.251 e. The predicted octanol–water partition coefficient (Wildman–Crippen LogP) is 2.85. The number of carbonyl (C=O) groups excluding carboxylic acids is 1. The van der Waals surface area contributed by atoms with Gasteiger partial charge < -0.3 is 14.2 Å². The second kappa shape index (κ2) is 5.95. The van der Waals surface area contributed by atoms with E-state index in [4.69, 9.17) is 14.2 Å². The van der Waals surface area contributed by atoms with Crippen molar-refractivity contribution in [1.29, 1.82) is 0 Å². The molecule has 1 aromatic carbocycles. The van der Waals surface area contributed by atoms with Gasteiger partial charge in [0.05, 0.1) is 18.0 Å². The molecule has 0 radical (unpaired) electrons. The van der Waals surface area contributed by atoms with Crippen molar-refractivity contribution in [2.75, 3.05) is 13.7 Å². The number of methoxy groups -OCH3 is 1. The lowest BCUT2D eigenvalue weighted by atomic mass is 9.58. The minimum atomic E-state index is -0.720. The van der Waals surface area contributed by atoms with E-state index in [1.807, 2.05) is 6.92 Å². The van der Waals surface area contributed by atoms with E-state index in [0.29, 0.717) is 24.5 Å². The van der Waals surface area contributed by atoms with Crippen molar-refractivity contribution in [2.45, 2.75) is 31.5 Å². The lowest BCUT2D eigenvalue weighted by molar-refractivity contribution is -0.434. The van der Waals surface area contributed by atoms with Gasteiger partial charge >= 0.3 is 0 Å². The molecule has 0 bridgehead atoms. The van der Waals surface area contributed by atoms with E-state index in [2.05, 4.69) is 0 Å². The number of hydrogen-bond acceptors (Lipinski definition) is 6. The highest BCUT2D eigenvalue weighted by Crippen LogP contribution is 2.58. The second-order valence-corrected chi connectivity index (χ2v) is 6.69. The van der Waals surface area contributed by atoms with Gasteiger partial charge in [0.15, 0.2) is 17.3 Å². The van der Waals surface area contributed by atoms with E-state index in [0.717, 1.165) is 11.1 Å². The standard InChI is InChI=1S/C19H19NO6/c1-3-25-16-10-19-7-6-12(21)9-13(19)14(20(22)23)8-11-4-5-15(24-2)18(26-16)17(11)19/h4-8,13,16H,3,9-10H2,1-2H3/t13?,16-,19+/m0/s1. The monoisotopic (exact) mass is 357 g/mol. The zero-order chi connectivity index (χ0) is 18.5. The van der Waals surface area contributed by atoms with Gasteiger partial charge in [0.1, 0.15) is 0 Å². The molecule has 1 aliphatic heterocycles. The Morgan fingerprint density at radius 1 is 1.42 bits per heavy atom. The molecule has 1 heterocycles. The molecule has 3 atom stereocenters. The second-order valence-electron chi connectivity index (χ2n) is 6.69. The van der Waals surface area contributed by atoms with Crippen LogP contribution in [-0.2, 0) is 14.9 Å². The highest BCUT2D eigenvalue weighted by atomic mass is 16.7. The molecule has 0 saturated carbocycles. The summed E-state index contributed by atoms with van der Waals surface area (Å²) in [5, 5.41) is 11.7. The fraction of sp³-hybridized carbons (Fsp3) is 0.421. The molecule has 7 nitrogen and oxygen atoms in total. The Morgan fingerprint density at radius 3 is 2.92 bits per heavy atom. The third-order valence-electron chi connectivity index (χ3n) is 5.41. The molecular weight excluding hydrogens is 338 g/mol. The molecule has 26 heavy (non-hydrogen) atoms. The topological polar surface area (TPSA) is 87.9 Å². The van der Waals surface area contributed by atoms with Crippen molar-refractivity contribution >= 4 is 11.9 Å². The van der Waals surface area contributed by atoms with Crippen LogP contribution in [0.1, 0.15) is 30.9 Å². The smallest absolute Gasteiger partial charge is 0.251 e. The number of ether oxygens (including phenoxy) is 3. The Morgan fingerprint density at radius 2 is 2.23 bits per heavy atom. The molecule has 4 rings (SSSR count). The number of carbonyl (C=O) groups is 1. The van der Waals surface area contributed by atoms with Crippen LogP contribution in [0.25, 0.3) is 6.08 Å². The van der Waals surface area contributed by atoms with E-state index in [1.165, 1.54) is 6.08 Å². The summed E-state index contributed by atoms with van der Waals surface area (Å²) >= 11 is 0. The Labute approximate surface area is 150 Å². The zero-order valence-corrected chi connectivity index (χ0v) is 14.6. The lowest BCUT2D eigenvalue weighted by Gasteiger charge is -2.47.